The summed E-state index contributed by atoms with van der Waals surface area (Å²) in [5.41, 5.74) is 1.39. The van der Waals surface area contributed by atoms with Crippen LogP contribution in [0.1, 0.15) is 24.9 Å². The number of hydrogen-bond donors (Lipinski definition) is 1. The van der Waals surface area contributed by atoms with Crippen LogP contribution in [0.25, 0.3) is 0 Å². The van der Waals surface area contributed by atoms with Gasteiger partial charge in [0.1, 0.15) is 12.4 Å². The number of hydrogen-bond acceptors (Lipinski definition) is 0. The molecule has 0 aliphatic heterocycles. The van der Waals surface area contributed by atoms with Crippen molar-refractivity contribution in [1.29, 1.82) is 0 Å². The molecule has 1 N–H and O–H groups in total. The zero-order valence-corrected chi connectivity index (χ0v) is 10.9. The van der Waals surface area contributed by atoms with Gasteiger partial charge >= 0.3 is 0 Å². The standard InChI is InChI=1S/C13H15BrN2/c1-11(16-9-8-15-10-16)2-3-12-4-6-13(14)7-5-12/h4-11H,2-3H2,1H3/p+1. The minimum atomic E-state index is 0.537. The quantitative estimate of drug-likeness (QED) is 0.829. The minimum Gasteiger partial charge on any atom is -0.250 e. The van der Waals surface area contributed by atoms with Gasteiger partial charge in [-0.3, -0.25) is 4.98 Å². The van der Waals surface area contributed by atoms with E-state index in [4.69, 9.17) is 0 Å². The van der Waals surface area contributed by atoms with Crippen molar-refractivity contribution in [2.45, 2.75) is 25.8 Å². The smallest absolute Gasteiger partial charge is 0.241 e. The van der Waals surface area contributed by atoms with E-state index in [-0.39, 0.29) is 0 Å². The molecule has 2 aromatic rings. The number of rotatable bonds is 4. The van der Waals surface area contributed by atoms with E-state index in [0.717, 1.165) is 17.3 Å². The summed E-state index contributed by atoms with van der Waals surface area (Å²) in [6.45, 7) is 2.24. The summed E-state index contributed by atoms with van der Waals surface area (Å²) in [7, 11) is 0. The summed E-state index contributed by atoms with van der Waals surface area (Å²) in [6.07, 6.45) is 8.31. The van der Waals surface area contributed by atoms with Gasteiger partial charge in [-0.15, -0.1) is 0 Å². The van der Waals surface area contributed by atoms with Crippen LogP contribution in [0.15, 0.2) is 47.5 Å². The summed E-state index contributed by atoms with van der Waals surface area (Å²) in [5.74, 6) is 0. The number of H-pyrrole nitrogens is 1. The fourth-order valence-electron chi connectivity index (χ4n) is 1.75. The molecule has 1 unspecified atom stereocenters. The minimum absolute atomic E-state index is 0.537. The topological polar surface area (TPSA) is 19.7 Å². The number of benzene rings is 1. The van der Waals surface area contributed by atoms with E-state index in [0.29, 0.717) is 6.04 Å². The van der Waals surface area contributed by atoms with Crippen molar-refractivity contribution in [2.75, 3.05) is 0 Å². The molecular weight excluding hydrogens is 264 g/mol. The Balaban J connectivity index is 1.90. The van der Waals surface area contributed by atoms with E-state index in [1.54, 1.807) is 0 Å². The zero-order chi connectivity index (χ0) is 11.4. The monoisotopic (exact) mass is 279 g/mol. The Morgan fingerprint density at radius 3 is 2.69 bits per heavy atom. The van der Waals surface area contributed by atoms with Crippen LogP contribution in [0.2, 0.25) is 0 Å². The first-order valence-electron chi connectivity index (χ1n) is 5.53. The molecule has 0 saturated heterocycles. The summed E-state index contributed by atoms with van der Waals surface area (Å²) in [5, 5.41) is 0. The molecule has 0 saturated carbocycles. The van der Waals surface area contributed by atoms with Gasteiger partial charge < -0.3 is 0 Å². The molecule has 0 radical (unpaired) electrons. The molecule has 1 heterocycles. The Hall–Kier alpha value is -1.09. The predicted molar refractivity (Wildman–Crippen MR) is 68.2 cm³/mol. The van der Waals surface area contributed by atoms with E-state index in [1.807, 2.05) is 12.5 Å². The molecule has 2 rings (SSSR count). The fourth-order valence-corrected chi connectivity index (χ4v) is 2.02. The first-order valence-corrected chi connectivity index (χ1v) is 6.33. The molecule has 0 bridgehead atoms. The molecule has 0 aliphatic carbocycles. The maximum atomic E-state index is 3.45. The SMILES string of the molecule is CC(CCc1ccc(Br)cc1)[n+]1cc[nH]c1. The first kappa shape index (κ1) is 11.4. The van der Waals surface area contributed by atoms with Crippen LogP contribution in [-0.4, -0.2) is 4.98 Å². The van der Waals surface area contributed by atoms with Crippen LogP contribution >= 0.6 is 15.9 Å². The van der Waals surface area contributed by atoms with E-state index < -0.39 is 0 Å². The second-order valence-electron chi connectivity index (χ2n) is 4.07. The van der Waals surface area contributed by atoms with Crippen LogP contribution in [0, 0.1) is 0 Å². The van der Waals surface area contributed by atoms with E-state index in [1.165, 1.54) is 5.56 Å². The van der Waals surface area contributed by atoms with Crippen LogP contribution in [0.3, 0.4) is 0 Å². The van der Waals surface area contributed by atoms with Crippen molar-refractivity contribution in [1.82, 2.24) is 4.98 Å². The van der Waals surface area contributed by atoms with Gasteiger partial charge in [0.2, 0.25) is 6.33 Å². The highest BCUT2D eigenvalue weighted by atomic mass is 79.9. The highest BCUT2D eigenvalue weighted by molar-refractivity contribution is 9.10. The zero-order valence-electron chi connectivity index (χ0n) is 9.36. The Labute approximate surface area is 104 Å². The van der Waals surface area contributed by atoms with Gasteiger partial charge in [0.05, 0.1) is 6.04 Å². The summed E-state index contributed by atoms with van der Waals surface area (Å²) < 4.78 is 3.35. The van der Waals surface area contributed by atoms with Gasteiger partial charge in [-0.25, -0.2) is 4.57 Å². The number of halogens is 1. The highest BCUT2D eigenvalue weighted by Crippen LogP contribution is 2.13. The lowest BCUT2D eigenvalue weighted by Crippen LogP contribution is -2.35. The molecule has 1 aromatic carbocycles. The van der Waals surface area contributed by atoms with Crippen molar-refractivity contribution in [3.63, 3.8) is 0 Å². The van der Waals surface area contributed by atoms with E-state index in [9.17, 15) is 0 Å². The van der Waals surface area contributed by atoms with Crippen LogP contribution in [0.5, 0.6) is 0 Å². The number of nitrogens with one attached hydrogen (secondary N) is 1. The van der Waals surface area contributed by atoms with Gasteiger partial charge in [-0.2, -0.15) is 0 Å². The predicted octanol–water partition coefficient (Wildman–Crippen LogP) is 3.26. The molecule has 16 heavy (non-hydrogen) atoms. The first-order chi connectivity index (χ1) is 7.75. The van der Waals surface area contributed by atoms with E-state index >= 15 is 0 Å². The third-order valence-corrected chi connectivity index (χ3v) is 3.37. The maximum absolute atomic E-state index is 3.45. The summed E-state index contributed by atoms with van der Waals surface area (Å²) in [6, 6.07) is 9.10. The van der Waals surface area contributed by atoms with Gasteiger partial charge in [0.15, 0.2) is 0 Å². The number of aromatic nitrogens is 2. The average Bonchev–Trinajstić information content (AvgIpc) is 2.81. The van der Waals surface area contributed by atoms with Crippen molar-refractivity contribution < 1.29 is 4.57 Å². The van der Waals surface area contributed by atoms with Crippen molar-refractivity contribution >= 4 is 15.9 Å². The molecule has 0 amide bonds. The Morgan fingerprint density at radius 2 is 2.06 bits per heavy atom. The fraction of sp³-hybridized carbons (Fsp3) is 0.308. The van der Waals surface area contributed by atoms with Crippen LogP contribution in [0.4, 0.5) is 0 Å². The van der Waals surface area contributed by atoms with Gasteiger partial charge in [0, 0.05) is 4.47 Å². The molecule has 3 heteroatoms. The summed E-state index contributed by atoms with van der Waals surface area (Å²) >= 11 is 3.45. The normalized spacial score (nSPS) is 12.6. The van der Waals surface area contributed by atoms with Crippen LogP contribution < -0.4 is 4.57 Å². The largest absolute Gasteiger partial charge is 0.250 e. The number of nitrogens with zero attached hydrogens (tertiary/aromatic N) is 1. The molecule has 1 aromatic heterocycles. The lowest BCUT2D eigenvalue weighted by atomic mass is 10.1. The Bertz CT molecular complexity index is 420. The van der Waals surface area contributed by atoms with E-state index in [2.05, 4.69) is 62.9 Å². The number of imidazole rings is 1. The lowest BCUT2D eigenvalue weighted by Gasteiger charge is -2.07. The van der Waals surface area contributed by atoms with Crippen molar-refractivity contribution in [2.24, 2.45) is 0 Å². The maximum Gasteiger partial charge on any atom is 0.241 e. The lowest BCUT2D eigenvalue weighted by molar-refractivity contribution is -0.719. The average molecular weight is 280 g/mol. The second kappa shape index (κ2) is 5.30. The molecule has 0 fully saturated rings. The Morgan fingerprint density at radius 1 is 1.31 bits per heavy atom. The van der Waals surface area contributed by atoms with Crippen molar-refractivity contribution in [3.8, 4) is 0 Å². The molecule has 0 spiro atoms. The molecule has 2 nitrogen and oxygen atoms in total. The number of aromatic amines is 1. The molecule has 1 atom stereocenters. The molecular formula is C13H16BrN2+. The van der Waals surface area contributed by atoms with Gasteiger partial charge in [-0.05, 0) is 37.5 Å². The summed E-state index contributed by atoms with van der Waals surface area (Å²) in [4.78, 5) is 3.07. The third kappa shape index (κ3) is 2.95. The number of aryl methyl sites for hydroxylation is 1. The second-order valence-corrected chi connectivity index (χ2v) is 4.99. The van der Waals surface area contributed by atoms with Gasteiger partial charge in [-0.1, -0.05) is 28.1 Å². The van der Waals surface area contributed by atoms with Crippen molar-refractivity contribution in [3.05, 3.63) is 53.0 Å². The highest BCUT2D eigenvalue weighted by Gasteiger charge is 2.08. The van der Waals surface area contributed by atoms with Crippen LogP contribution in [-0.2, 0) is 6.42 Å². The molecule has 0 aliphatic rings. The third-order valence-electron chi connectivity index (χ3n) is 2.84. The Kier molecular flexibility index (Phi) is 3.78. The molecule has 84 valence electrons. The van der Waals surface area contributed by atoms with Gasteiger partial charge in [0.25, 0.3) is 0 Å².